The van der Waals surface area contributed by atoms with Crippen LogP contribution in [0.4, 0.5) is 16.2 Å². The van der Waals surface area contributed by atoms with E-state index in [1.807, 2.05) is 30.3 Å². The summed E-state index contributed by atoms with van der Waals surface area (Å²) in [5.74, 6) is -0.369. The maximum Gasteiger partial charge on any atom is 0.329 e. The zero-order valence-corrected chi connectivity index (χ0v) is 11.7. The Morgan fingerprint density at radius 1 is 1.10 bits per heavy atom. The maximum absolute atomic E-state index is 12.2. The molecular formula is C16H17N3O2. The minimum absolute atomic E-state index is 0.353. The smallest absolute Gasteiger partial charge is 0.329 e. The number of hydrogen-bond donors (Lipinski definition) is 2. The zero-order valence-electron chi connectivity index (χ0n) is 11.7. The van der Waals surface area contributed by atoms with Crippen LogP contribution in [-0.2, 0) is 11.3 Å². The van der Waals surface area contributed by atoms with Crippen LogP contribution in [0.2, 0.25) is 0 Å². The van der Waals surface area contributed by atoms with Gasteiger partial charge in [0, 0.05) is 19.2 Å². The molecule has 2 aromatic rings. The van der Waals surface area contributed by atoms with Gasteiger partial charge in [-0.25, -0.2) is 9.69 Å². The van der Waals surface area contributed by atoms with Gasteiger partial charge < -0.3 is 11.1 Å². The number of anilines is 2. The molecule has 0 aromatic heterocycles. The van der Waals surface area contributed by atoms with Gasteiger partial charge in [0.2, 0.25) is 5.91 Å². The quantitative estimate of drug-likeness (QED) is 0.850. The van der Waals surface area contributed by atoms with Crippen molar-refractivity contribution in [3.63, 3.8) is 0 Å². The van der Waals surface area contributed by atoms with Gasteiger partial charge in [0.15, 0.2) is 0 Å². The summed E-state index contributed by atoms with van der Waals surface area (Å²) in [6.45, 7) is 1.69. The van der Waals surface area contributed by atoms with Crippen LogP contribution in [0.5, 0.6) is 0 Å². The van der Waals surface area contributed by atoms with Crippen molar-refractivity contribution in [3.05, 3.63) is 60.2 Å². The number of amides is 3. The number of nitrogen functional groups attached to an aromatic ring is 1. The van der Waals surface area contributed by atoms with Crippen LogP contribution in [0, 0.1) is 0 Å². The van der Waals surface area contributed by atoms with Crippen molar-refractivity contribution in [2.24, 2.45) is 0 Å². The molecule has 108 valence electrons. The first-order chi connectivity index (χ1) is 10.1. The van der Waals surface area contributed by atoms with Gasteiger partial charge in [-0.15, -0.1) is 0 Å². The number of urea groups is 1. The molecule has 3 N–H and O–H groups in total. The van der Waals surface area contributed by atoms with Crippen LogP contribution in [0.25, 0.3) is 0 Å². The van der Waals surface area contributed by atoms with Crippen LogP contribution >= 0.6 is 0 Å². The molecule has 0 saturated carbocycles. The topological polar surface area (TPSA) is 75.4 Å². The molecule has 0 bridgehead atoms. The van der Waals surface area contributed by atoms with Crippen molar-refractivity contribution in [3.8, 4) is 0 Å². The Morgan fingerprint density at radius 2 is 1.81 bits per heavy atom. The highest BCUT2D eigenvalue weighted by atomic mass is 16.2. The molecule has 0 spiro atoms. The van der Waals surface area contributed by atoms with Crippen molar-refractivity contribution in [2.45, 2.75) is 13.5 Å². The highest BCUT2D eigenvalue weighted by molar-refractivity contribution is 6.13. The third-order valence-corrected chi connectivity index (χ3v) is 2.93. The number of imide groups is 1. The first-order valence-corrected chi connectivity index (χ1v) is 6.56. The van der Waals surface area contributed by atoms with E-state index in [2.05, 4.69) is 5.32 Å². The minimum atomic E-state index is -0.475. The number of nitrogens with zero attached hydrogens (tertiary/aromatic N) is 1. The van der Waals surface area contributed by atoms with Crippen LogP contribution < -0.4 is 16.0 Å². The van der Waals surface area contributed by atoms with Gasteiger partial charge in [-0.3, -0.25) is 4.79 Å². The molecule has 5 heteroatoms. The van der Waals surface area contributed by atoms with E-state index in [0.29, 0.717) is 17.9 Å². The number of benzene rings is 2. The third kappa shape index (κ3) is 3.82. The Labute approximate surface area is 123 Å². The molecule has 0 aliphatic heterocycles. The molecule has 0 unspecified atom stereocenters. The largest absolute Gasteiger partial charge is 0.399 e. The number of carbonyl (C=O) groups is 2. The summed E-state index contributed by atoms with van der Waals surface area (Å²) in [5, 5.41) is 2.72. The van der Waals surface area contributed by atoms with E-state index >= 15 is 0 Å². The Balaban J connectivity index is 2.11. The molecule has 0 aliphatic carbocycles. The van der Waals surface area contributed by atoms with Gasteiger partial charge in [0.1, 0.15) is 0 Å². The van der Waals surface area contributed by atoms with E-state index in [1.165, 1.54) is 6.92 Å². The van der Waals surface area contributed by atoms with Gasteiger partial charge in [-0.1, -0.05) is 36.4 Å². The van der Waals surface area contributed by atoms with Gasteiger partial charge in [0.05, 0.1) is 5.69 Å². The molecule has 2 aromatic carbocycles. The SMILES string of the molecule is CC(=O)N(C(=O)NCc1ccccc1)c1cccc(N)c1. The van der Waals surface area contributed by atoms with Crippen molar-refractivity contribution < 1.29 is 9.59 Å². The maximum atomic E-state index is 12.2. The Morgan fingerprint density at radius 3 is 2.43 bits per heavy atom. The van der Waals surface area contributed by atoms with Crippen LogP contribution in [0.3, 0.4) is 0 Å². The number of carbonyl (C=O) groups excluding carboxylic acids is 2. The molecule has 0 fully saturated rings. The van der Waals surface area contributed by atoms with Crippen molar-refractivity contribution >= 4 is 23.3 Å². The summed E-state index contributed by atoms with van der Waals surface area (Å²) in [4.78, 5) is 25.0. The molecule has 21 heavy (non-hydrogen) atoms. The molecule has 0 aliphatic rings. The van der Waals surface area contributed by atoms with E-state index < -0.39 is 6.03 Å². The van der Waals surface area contributed by atoms with Crippen LogP contribution in [-0.4, -0.2) is 11.9 Å². The van der Waals surface area contributed by atoms with E-state index in [-0.39, 0.29) is 5.91 Å². The van der Waals surface area contributed by atoms with Crippen molar-refractivity contribution in [1.29, 1.82) is 0 Å². The molecule has 5 nitrogen and oxygen atoms in total. The Bertz CT molecular complexity index is 641. The summed E-state index contributed by atoms with van der Waals surface area (Å²) in [7, 11) is 0. The first-order valence-electron chi connectivity index (χ1n) is 6.56. The average molecular weight is 283 g/mol. The Kier molecular flexibility index (Phi) is 4.56. The lowest BCUT2D eigenvalue weighted by Gasteiger charge is -2.20. The fourth-order valence-corrected chi connectivity index (χ4v) is 1.96. The summed E-state index contributed by atoms with van der Waals surface area (Å²) in [5.41, 5.74) is 7.60. The normalized spacial score (nSPS) is 9.95. The zero-order chi connectivity index (χ0) is 15.2. The molecule has 0 saturated heterocycles. The number of rotatable bonds is 3. The molecule has 0 radical (unpaired) electrons. The highest BCUT2D eigenvalue weighted by Gasteiger charge is 2.19. The standard InChI is InChI=1S/C16H17N3O2/c1-12(20)19(15-9-5-8-14(17)10-15)16(21)18-11-13-6-3-2-4-7-13/h2-10H,11,17H2,1H3,(H,18,21). The van der Waals surface area contributed by atoms with E-state index in [1.54, 1.807) is 24.3 Å². The highest BCUT2D eigenvalue weighted by Crippen LogP contribution is 2.18. The number of nitrogens with one attached hydrogen (secondary N) is 1. The summed E-state index contributed by atoms with van der Waals surface area (Å²) in [6.07, 6.45) is 0. The molecule has 2 rings (SSSR count). The summed E-state index contributed by atoms with van der Waals surface area (Å²) in [6, 6.07) is 15.7. The molecule has 0 atom stereocenters. The minimum Gasteiger partial charge on any atom is -0.399 e. The third-order valence-electron chi connectivity index (χ3n) is 2.93. The van der Waals surface area contributed by atoms with E-state index in [4.69, 9.17) is 5.73 Å². The predicted octanol–water partition coefficient (Wildman–Crippen LogP) is 2.53. The summed E-state index contributed by atoms with van der Waals surface area (Å²) >= 11 is 0. The lowest BCUT2D eigenvalue weighted by molar-refractivity contribution is -0.115. The van der Waals surface area contributed by atoms with Gasteiger partial charge >= 0.3 is 6.03 Å². The number of nitrogens with two attached hydrogens (primary N) is 1. The average Bonchev–Trinajstić information content (AvgIpc) is 2.46. The van der Waals surface area contributed by atoms with E-state index in [9.17, 15) is 9.59 Å². The second-order valence-corrected chi connectivity index (χ2v) is 4.59. The fraction of sp³-hybridized carbons (Fsp3) is 0.125. The van der Waals surface area contributed by atoms with Crippen molar-refractivity contribution in [2.75, 3.05) is 10.6 Å². The molecular weight excluding hydrogens is 266 g/mol. The second kappa shape index (κ2) is 6.56. The van der Waals surface area contributed by atoms with Gasteiger partial charge in [-0.2, -0.15) is 0 Å². The lowest BCUT2D eigenvalue weighted by Crippen LogP contribution is -2.42. The number of hydrogen-bond acceptors (Lipinski definition) is 3. The Hall–Kier alpha value is -2.82. The van der Waals surface area contributed by atoms with Crippen LogP contribution in [0.1, 0.15) is 12.5 Å². The second-order valence-electron chi connectivity index (χ2n) is 4.59. The fourth-order valence-electron chi connectivity index (χ4n) is 1.96. The molecule has 0 heterocycles. The molecule has 3 amide bonds. The first kappa shape index (κ1) is 14.6. The van der Waals surface area contributed by atoms with Crippen molar-refractivity contribution in [1.82, 2.24) is 5.32 Å². The lowest BCUT2D eigenvalue weighted by atomic mass is 10.2. The van der Waals surface area contributed by atoms with Gasteiger partial charge in [0.25, 0.3) is 0 Å². The predicted molar refractivity (Wildman–Crippen MR) is 82.7 cm³/mol. The summed E-state index contributed by atoms with van der Waals surface area (Å²) < 4.78 is 0. The monoisotopic (exact) mass is 283 g/mol. The van der Waals surface area contributed by atoms with E-state index in [0.717, 1.165) is 10.5 Å². The van der Waals surface area contributed by atoms with Gasteiger partial charge in [-0.05, 0) is 23.8 Å². The van der Waals surface area contributed by atoms with Crippen LogP contribution in [0.15, 0.2) is 54.6 Å².